The smallest absolute Gasteiger partial charge is 0.0572 e. The summed E-state index contributed by atoms with van der Waals surface area (Å²) in [6.07, 6.45) is 3.99. The van der Waals surface area contributed by atoms with Gasteiger partial charge in [-0.25, -0.2) is 0 Å². The quantitative estimate of drug-likeness (QED) is 0.853. The average molecular weight is 261 g/mol. The average Bonchev–Trinajstić information content (AvgIpc) is 2.46. The number of aliphatic hydroxyl groups excluding tert-OH is 1. The highest BCUT2D eigenvalue weighted by atomic mass is 16.3. The van der Waals surface area contributed by atoms with Crippen LogP contribution in [0.3, 0.4) is 0 Å². The molecule has 2 rings (SSSR count). The van der Waals surface area contributed by atoms with Gasteiger partial charge in [0.05, 0.1) is 6.10 Å². The molecule has 1 heterocycles. The Kier molecular flexibility index (Phi) is 5.41. The minimum atomic E-state index is -0.133. The predicted octanol–water partition coefficient (Wildman–Crippen LogP) is 3.10. The van der Waals surface area contributed by atoms with E-state index in [1.807, 2.05) is 0 Å². The molecule has 0 spiro atoms. The lowest BCUT2D eigenvalue weighted by molar-refractivity contribution is 0.0813. The molecular formula is C17H27NO. The van der Waals surface area contributed by atoms with E-state index >= 15 is 0 Å². The first-order chi connectivity index (χ1) is 9.16. The summed E-state index contributed by atoms with van der Waals surface area (Å²) < 4.78 is 0. The standard InChI is InChI=1S/C17H27NO/c1-13(2)15-6-3-14(4-7-15)5-8-17(19)16-9-11-18-12-10-16/h3-4,6-7,13,16-19H,5,8-12H2,1-2H3. The van der Waals surface area contributed by atoms with E-state index in [2.05, 4.69) is 43.4 Å². The molecule has 0 bridgehead atoms. The number of aliphatic hydroxyl groups is 1. The van der Waals surface area contributed by atoms with Crippen LogP contribution < -0.4 is 5.32 Å². The van der Waals surface area contributed by atoms with Crippen LogP contribution in [0.2, 0.25) is 0 Å². The number of benzene rings is 1. The van der Waals surface area contributed by atoms with Gasteiger partial charge in [0.1, 0.15) is 0 Å². The molecular weight excluding hydrogens is 234 g/mol. The molecule has 2 N–H and O–H groups in total. The van der Waals surface area contributed by atoms with E-state index in [9.17, 15) is 5.11 Å². The second-order valence-electron chi connectivity index (χ2n) is 6.09. The molecule has 1 saturated heterocycles. The summed E-state index contributed by atoms with van der Waals surface area (Å²) in [5.74, 6) is 1.09. The topological polar surface area (TPSA) is 32.3 Å². The van der Waals surface area contributed by atoms with Crippen molar-refractivity contribution in [3.05, 3.63) is 35.4 Å². The third-order valence-electron chi connectivity index (χ3n) is 4.30. The summed E-state index contributed by atoms with van der Waals surface area (Å²) in [5.41, 5.74) is 2.74. The summed E-state index contributed by atoms with van der Waals surface area (Å²) in [6.45, 7) is 6.56. The number of hydrogen-bond acceptors (Lipinski definition) is 2. The normalized spacial score (nSPS) is 18.7. The van der Waals surface area contributed by atoms with Crippen molar-refractivity contribution in [3.63, 3.8) is 0 Å². The number of hydrogen-bond donors (Lipinski definition) is 2. The van der Waals surface area contributed by atoms with Gasteiger partial charge in [0, 0.05) is 0 Å². The minimum Gasteiger partial charge on any atom is -0.393 e. The molecule has 19 heavy (non-hydrogen) atoms. The Labute approximate surface area is 117 Å². The van der Waals surface area contributed by atoms with E-state index < -0.39 is 0 Å². The van der Waals surface area contributed by atoms with Gasteiger partial charge in [-0.2, -0.15) is 0 Å². The fraction of sp³-hybridized carbons (Fsp3) is 0.647. The van der Waals surface area contributed by atoms with Crippen LogP contribution in [-0.2, 0) is 6.42 Å². The van der Waals surface area contributed by atoms with E-state index in [1.54, 1.807) is 0 Å². The molecule has 0 amide bonds. The number of rotatable bonds is 5. The summed E-state index contributed by atoms with van der Waals surface area (Å²) in [7, 11) is 0. The number of piperidine rings is 1. The van der Waals surface area contributed by atoms with Crippen molar-refractivity contribution in [2.45, 2.75) is 51.6 Å². The Morgan fingerprint density at radius 3 is 2.37 bits per heavy atom. The van der Waals surface area contributed by atoms with Crippen molar-refractivity contribution in [1.82, 2.24) is 5.32 Å². The maximum Gasteiger partial charge on any atom is 0.0572 e. The van der Waals surface area contributed by atoms with Crippen LogP contribution in [0.5, 0.6) is 0 Å². The highest BCUT2D eigenvalue weighted by Crippen LogP contribution is 2.21. The van der Waals surface area contributed by atoms with Crippen LogP contribution in [-0.4, -0.2) is 24.3 Å². The zero-order valence-corrected chi connectivity index (χ0v) is 12.2. The molecule has 1 aromatic rings. The van der Waals surface area contributed by atoms with Crippen LogP contribution in [0.15, 0.2) is 24.3 Å². The molecule has 1 fully saturated rings. The van der Waals surface area contributed by atoms with Crippen molar-refractivity contribution in [2.24, 2.45) is 5.92 Å². The van der Waals surface area contributed by atoms with E-state index in [0.29, 0.717) is 11.8 Å². The molecule has 0 radical (unpaired) electrons. The lowest BCUT2D eigenvalue weighted by Crippen LogP contribution is -2.34. The fourth-order valence-corrected chi connectivity index (χ4v) is 2.85. The fourth-order valence-electron chi connectivity index (χ4n) is 2.85. The van der Waals surface area contributed by atoms with Crippen molar-refractivity contribution in [3.8, 4) is 0 Å². The second-order valence-corrected chi connectivity index (χ2v) is 6.09. The Hall–Kier alpha value is -0.860. The van der Waals surface area contributed by atoms with Gasteiger partial charge in [-0.3, -0.25) is 0 Å². The Morgan fingerprint density at radius 2 is 1.79 bits per heavy atom. The Morgan fingerprint density at radius 1 is 1.16 bits per heavy atom. The number of nitrogens with one attached hydrogen (secondary N) is 1. The molecule has 106 valence electrons. The number of aryl methyl sites for hydroxylation is 1. The first-order valence-electron chi connectivity index (χ1n) is 7.64. The Bertz CT molecular complexity index is 365. The molecule has 0 aromatic heterocycles. The van der Waals surface area contributed by atoms with Gasteiger partial charge in [0.15, 0.2) is 0 Å². The van der Waals surface area contributed by atoms with Gasteiger partial charge in [0.25, 0.3) is 0 Å². The molecule has 1 unspecified atom stereocenters. The van der Waals surface area contributed by atoms with E-state index in [0.717, 1.165) is 38.8 Å². The molecule has 2 nitrogen and oxygen atoms in total. The molecule has 2 heteroatoms. The summed E-state index contributed by atoms with van der Waals surface area (Å²) >= 11 is 0. The third kappa shape index (κ3) is 4.32. The van der Waals surface area contributed by atoms with Crippen molar-refractivity contribution >= 4 is 0 Å². The zero-order chi connectivity index (χ0) is 13.7. The van der Waals surface area contributed by atoms with Crippen molar-refractivity contribution < 1.29 is 5.11 Å². The third-order valence-corrected chi connectivity index (χ3v) is 4.30. The van der Waals surface area contributed by atoms with Gasteiger partial charge >= 0.3 is 0 Å². The molecule has 0 aliphatic carbocycles. The molecule has 1 aliphatic rings. The van der Waals surface area contributed by atoms with Gasteiger partial charge < -0.3 is 10.4 Å². The highest BCUT2D eigenvalue weighted by molar-refractivity contribution is 5.24. The maximum absolute atomic E-state index is 10.3. The first-order valence-corrected chi connectivity index (χ1v) is 7.64. The van der Waals surface area contributed by atoms with Crippen LogP contribution in [0, 0.1) is 5.92 Å². The highest BCUT2D eigenvalue weighted by Gasteiger charge is 2.20. The van der Waals surface area contributed by atoms with Crippen LogP contribution in [0.4, 0.5) is 0 Å². The molecule has 1 aliphatic heterocycles. The summed E-state index contributed by atoms with van der Waals surface area (Å²) in [4.78, 5) is 0. The van der Waals surface area contributed by atoms with Gasteiger partial charge in [0.2, 0.25) is 0 Å². The molecule has 0 saturated carbocycles. The Balaban J connectivity index is 1.80. The minimum absolute atomic E-state index is 0.133. The van der Waals surface area contributed by atoms with Gasteiger partial charge in [-0.15, -0.1) is 0 Å². The van der Waals surface area contributed by atoms with Crippen LogP contribution in [0.1, 0.15) is 50.2 Å². The van der Waals surface area contributed by atoms with Gasteiger partial charge in [-0.05, 0) is 61.7 Å². The van der Waals surface area contributed by atoms with Crippen molar-refractivity contribution in [1.29, 1.82) is 0 Å². The maximum atomic E-state index is 10.3. The lowest BCUT2D eigenvalue weighted by Gasteiger charge is -2.27. The lowest BCUT2D eigenvalue weighted by atomic mass is 9.89. The monoisotopic (exact) mass is 261 g/mol. The molecule has 1 aromatic carbocycles. The van der Waals surface area contributed by atoms with E-state index in [-0.39, 0.29) is 6.10 Å². The predicted molar refractivity (Wildman–Crippen MR) is 80.5 cm³/mol. The zero-order valence-electron chi connectivity index (χ0n) is 12.2. The van der Waals surface area contributed by atoms with E-state index in [4.69, 9.17) is 0 Å². The summed E-state index contributed by atoms with van der Waals surface area (Å²) in [6, 6.07) is 8.86. The first kappa shape index (κ1) is 14.5. The van der Waals surface area contributed by atoms with Gasteiger partial charge in [-0.1, -0.05) is 38.1 Å². The van der Waals surface area contributed by atoms with Crippen molar-refractivity contribution in [2.75, 3.05) is 13.1 Å². The second kappa shape index (κ2) is 7.06. The van der Waals surface area contributed by atoms with E-state index in [1.165, 1.54) is 11.1 Å². The largest absolute Gasteiger partial charge is 0.393 e. The summed E-state index contributed by atoms with van der Waals surface area (Å²) in [5, 5.41) is 13.6. The van der Waals surface area contributed by atoms with Crippen LogP contribution >= 0.6 is 0 Å². The van der Waals surface area contributed by atoms with Crippen LogP contribution in [0.25, 0.3) is 0 Å². The molecule has 1 atom stereocenters. The SMILES string of the molecule is CC(C)c1ccc(CCC(O)C2CCNCC2)cc1.